The molecule has 2 N–H and O–H groups in total. The Bertz CT molecular complexity index is 725. The molecule has 1 atom stereocenters. The van der Waals surface area contributed by atoms with Gasteiger partial charge in [-0.1, -0.05) is 0 Å². The van der Waals surface area contributed by atoms with Gasteiger partial charge in [0.15, 0.2) is 0 Å². The summed E-state index contributed by atoms with van der Waals surface area (Å²) in [4.78, 5) is 24.4. The second kappa shape index (κ2) is 6.17. The minimum absolute atomic E-state index is 0.0134. The van der Waals surface area contributed by atoms with Crippen LogP contribution in [0.25, 0.3) is 5.69 Å². The Morgan fingerprint density at radius 2 is 2.09 bits per heavy atom. The van der Waals surface area contributed by atoms with Crippen molar-refractivity contribution in [2.24, 2.45) is 5.73 Å². The van der Waals surface area contributed by atoms with Gasteiger partial charge in [-0.15, -0.1) is 0 Å². The highest BCUT2D eigenvalue weighted by molar-refractivity contribution is 5.93. The molecular weight excluding hydrogens is 298 g/mol. The number of hydrogen-bond acceptors (Lipinski definition) is 5. The van der Waals surface area contributed by atoms with Gasteiger partial charge in [0.2, 0.25) is 0 Å². The van der Waals surface area contributed by atoms with E-state index in [0.29, 0.717) is 24.3 Å². The predicted molar refractivity (Wildman–Crippen MR) is 83.3 cm³/mol. The molecule has 1 fully saturated rings. The Hall–Kier alpha value is -2.74. The van der Waals surface area contributed by atoms with Gasteiger partial charge in [-0.2, -0.15) is 5.10 Å². The van der Waals surface area contributed by atoms with Crippen molar-refractivity contribution in [3.05, 3.63) is 52.3 Å². The zero-order chi connectivity index (χ0) is 16.4. The number of likely N-dealkylation sites (tertiary alicyclic amines) is 1. The van der Waals surface area contributed by atoms with Crippen molar-refractivity contribution in [2.75, 3.05) is 13.1 Å². The third-order valence-corrected chi connectivity index (χ3v) is 3.90. The number of piperidine rings is 1. The van der Waals surface area contributed by atoms with Gasteiger partial charge in [-0.25, -0.2) is 4.68 Å². The van der Waals surface area contributed by atoms with Crippen LogP contribution < -0.4 is 5.73 Å². The molecule has 3 rings (SSSR count). The molecule has 1 aliphatic rings. The van der Waals surface area contributed by atoms with Crippen LogP contribution in [0.2, 0.25) is 0 Å². The SMILES string of the molecule is NC1CCCN(C(=O)c2cnn(-c3ccc([N+](=O)[O-])cc3)c2)C1. The van der Waals surface area contributed by atoms with E-state index < -0.39 is 4.92 Å². The highest BCUT2D eigenvalue weighted by Gasteiger charge is 2.23. The summed E-state index contributed by atoms with van der Waals surface area (Å²) in [5.41, 5.74) is 7.06. The second-order valence-electron chi connectivity index (χ2n) is 5.60. The summed E-state index contributed by atoms with van der Waals surface area (Å²) in [5, 5.41) is 14.8. The number of nitro benzene ring substituents is 1. The Labute approximate surface area is 132 Å². The van der Waals surface area contributed by atoms with Crippen molar-refractivity contribution in [3.63, 3.8) is 0 Å². The number of amides is 1. The zero-order valence-corrected chi connectivity index (χ0v) is 12.5. The van der Waals surface area contributed by atoms with E-state index >= 15 is 0 Å². The van der Waals surface area contributed by atoms with E-state index in [1.54, 1.807) is 23.2 Å². The van der Waals surface area contributed by atoms with Gasteiger partial charge in [0.1, 0.15) is 0 Å². The van der Waals surface area contributed by atoms with Crippen molar-refractivity contribution in [1.82, 2.24) is 14.7 Å². The average Bonchev–Trinajstić information content (AvgIpc) is 3.04. The van der Waals surface area contributed by atoms with Crippen molar-refractivity contribution in [2.45, 2.75) is 18.9 Å². The molecule has 1 unspecified atom stereocenters. The van der Waals surface area contributed by atoms with Crippen LogP contribution in [-0.4, -0.2) is 44.6 Å². The first kappa shape index (κ1) is 15.2. The van der Waals surface area contributed by atoms with Crippen LogP contribution in [0.4, 0.5) is 5.69 Å². The molecular formula is C15H17N5O3. The first-order chi connectivity index (χ1) is 11.0. The average molecular weight is 315 g/mol. The maximum atomic E-state index is 12.5. The minimum Gasteiger partial charge on any atom is -0.337 e. The summed E-state index contributed by atoms with van der Waals surface area (Å²) < 4.78 is 1.53. The fraction of sp³-hybridized carbons (Fsp3) is 0.333. The molecule has 23 heavy (non-hydrogen) atoms. The van der Waals surface area contributed by atoms with Crippen molar-refractivity contribution in [3.8, 4) is 5.69 Å². The van der Waals surface area contributed by atoms with Gasteiger partial charge in [-0.3, -0.25) is 14.9 Å². The number of nitrogens with zero attached hydrogens (tertiary/aromatic N) is 4. The highest BCUT2D eigenvalue weighted by atomic mass is 16.6. The topological polar surface area (TPSA) is 107 Å². The smallest absolute Gasteiger partial charge is 0.269 e. The van der Waals surface area contributed by atoms with E-state index in [0.717, 1.165) is 12.8 Å². The zero-order valence-electron chi connectivity index (χ0n) is 12.5. The van der Waals surface area contributed by atoms with Gasteiger partial charge >= 0.3 is 0 Å². The summed E-state index contributed by atoms with van der Waals surface area (Å²) in [5.74, 6) is -0.0895. The fourth-order valence-electron chi connectivity index (χ4n) is 2.68. The molecule has 8 heteroatoms. The van der Waals surface area contributed by atoms with Gasteiger partial charge in [0.05, 0.1) is 22.4 Å². The Kier molecular flexibility index (Phi) is 4.07. The van der Waals surface area contributed by atoms with Crippen molar-refractivity contribution < 1.29 is 9.72 Å². The van der Waals surface area contributed by atoms with Crippen LogP contribution >= 0.6 is 0 Å². The molecule has 2 aromatic rings. The first-order valence-electron chi connectivity index (χ1n) is 7.39. The van der Waals surface area contributed by atoms with Crippen LogP contribution in [0.5, 0.6) is 0 Å². The molecule has 2 heterocycles. The largest absolute Gasteiger partial charge is 0.337 e. The van der Waals surface area contributed by atoms with E-state index in [1.165, 1.54) is 23.0 Å². The molecule has 1 amide bonds. The predicted octanol–water partition coefficient (Wildman–Crippen LogP) is 1.34. The normalized spacial score (nSPS) is 18.0. The van der Waals surface area contributed by atoms with Crippen molar-refractivity contribution >= 4 is 11.6 Å². The van der Waals surface area contributed by atoms with Gasteiger partial charge in [0.25, 0.3) is 11.6 Å². The fourth-order valence-corrected chi connectivity index (χ4v) is 2.68. The number of non-ortho nitro benzene ring substituents is 1. The lowest BCUT2D eigenvalue weighted by atomic mass is 10.1. The molecule has 120 valence electrons. The maximum absolute atomic E-state index is 12.5. The van der Waals surface area contributed by atoms with Gasteiger partial charge in [-0.05, 0) is 25.0 Å². The minimum atomic E-state index is -0.457. The molecule has 0 saturated carbocycles. The standard InChI is InChI=1S/C15H17N5O3/c16-12-2-1-7-18(10-12)15(21)11-8-17-19(9-11)13-3-5-14(6-4-13)20(22)23/h3-6,8-9,12H,1-2,7,10,16H2. The van der Waals surface area contributed by atoms with E-state index in [9.17, 15) is 14.9 Å². The molecule has 0 bridgehead atoms. The molecule has 1 aromatic carbocycles. The van der Waals surface area contributed by atoms with Crippen LogP contribution in [0, 0.1) is 10.1 Å². The quantitative estimate of drug-likeness (QED) is 0.679. The van der Waals surface area contributed by atoms with E-state index in [1.807, 2.05) is 0 Å². The Morgan fingerprint density at radius 1 is 1.35 bits per heavy atom. The summed E-state index contributed by atoms with van der Waals surface area (Å²) in [6, 6.07) is 6.02. The van der Waals surface area contributed by atoms with Gasteiger partial charge in [0, 0.05) is 37.5 Å². The Morgan fingerprint density at radius 3 is 2.74 bits per heavy atom. The molecule has 0 radical (unpaired) electrons. The van der Waals surface area contributed by atoms with Crippen LogP contribution in [0.15, 0.2) is 36.7 Å². The molecule has 0 spiro atoms. The molecule has 8 nitrogen and oxygen atoms in total. The number of carbonyl (C=O) groups excluding carboxylic acids is 1. The second-order valence-corrected chi connectivity index (χ2v) is 5.60. The lowest BCUT2D eigenvalue weighted by Gasteiger charge is -2.30. The van der Waals surface area contributed by atoms with Crippen LogP contribution in [0.3, 0.4) is 0 Å². The molecule has 1 saturated heterocycles. The number of carbonyl (C=O) groups is 1. The third-order valence-electron chi connectivity index (χ3n) is 3.90. The lowest BCUT2D eigenvalue weighted by molar-refractivity contribution is -0.384. The highest BCUT2D eigenvalue weighted by Crippen LogP contribution is 2.17. The monoisotopic (exact) mass is 315 g/mol. The number of nitrogens with two attached hydrogens (primary N) is 1. The summed E-state index contributed by atoms with van der Waals surface area (Å²) in [6.07, 6.45) is 4.97. The first-order valence-corrected chi connectivity index (χ1v) is 7.39. The molecule has 1 aliphatic heterocycles. The summed E-state index contributed by atoms with van der Waals surface area (Å²) in [6.45, 7) is 1.26. The number of rotatable bonds is 3. The Balaban J connectivity index is 1.77. The van der Waals surface area contributed by atoms with E-state index in [4.69, 9.17) is 5.73 Å². The van der Waals surface area contributed by atoms with E-state index in [-0.39, 0.29) is 17.6 Å². The van der Waals surface area contributed by atoms with E-state index in [2.05, 4.69) is 5.10 Å². The number of nitro groups is 1. The summed E-state index contributed by atoms with van der Waals surface area (Å²) in [7, 11) is 0. The van der Waals surface area contributed by atoms with Crippen molar-refractivity contribution in [1.29, 1.82) is 0 Å². The number of aromatic nitrogens is 2. The number of benzene rings is 1. The van der Waals surface area contributed by atoms with Gasteiger partial charge < -0.3 is 10.6 Å². The molecule has 1 aromatic heterocycles. The summed E-state index contributed by atoms with van der Waals surface area (Å²) >= 11 is 0. The van der Waals surface area contributed by atoms with Crippen LogP contribution in [-0.2, 0) is 0 Å². The lowest BCUT2D eigenvalue weighted by Crippen LogP contribution is -2.45. The molecule has 0 aliphatic carbocycles. The maximum Gasteiger partial charge on any atom is 0.269 e. The van der Waals surface area contributed by atoms with Crippen LogP contribution in [0.1, 0.15) is 23.2 Å². The number of hydrogen-bond donors (Lipinski definition) is 1. The third kappa shape index (κ3) is 3.21.